The summed E-state index contributed by atoms with van der Waals surface area (Å²) in [6, 6.07) is 18.5. The first-order chi connectivity index (χ1) is 14.0. The lowest BCUT2D eigenvalue weighted by Crippen LogP contribution is -2.20. The van der Waals surface area contributed by atoms with Gasteiger partial charge in [-0.3, -0.25) is 4.79 Å². The van der Waals surface area contributed by atoms with Crippen LogP contribution in [-0.2, 0) is 4.79 Å². The summed E-state index contributed by atoms with van der Waals surface area (Å²) >= 11 is 6.34. The van der Waals surface area contributed by atoms with Crippen LogP contribution >= 0.6 is 11.6 Å². The zero-order valence-corrected chi connectivity index (χ0v) is 16.8. The molecule has 1 heterocycles. The van der Waals surface area contributed by atoms with E-state index in [0.717, 1.165) is 16.6 Å². The second-order valence-corrected chi connectivity index (χ2v) is 7.25. The molecule has 0 saturated heterocycles. The van der Waals surface area contributed by atoms with Gasteiger partial charge in [0.25, 0.3) is 5.91 Å². The van der Waals surface area contributed by atoms with Crippen LogP contribution in [0.1, 0.15) is 11.1 Å². The highest BCUT2D eigenvalue weighted by atomic mass is 35.5. The number of nitrogens with one attached hydrogen (secondary N) is 1. The van der Waals surface area contributed by atoms with Gasteiger partial charge < -0.3 is 14.5 Å². The van der Waals surface area contributed by atoms with Crippen LogP contribution in [-0.4, -0.2) is 17.5 Å². The van der Waals surface area contributed by atoms with Crippen LogP contribution in [0.15, 0.2) is 65.1 Å². The maximum absolute atomic E-state index is 12.3. The number of oxazole rings is 1. The van der Waals surface area contributed by atoms with Crippen LogP contribution < -0.4 is 10.1 Å². The summed E-state index contributed by atoms with van der Waals surface area (Å²) in [7, 11) is 0. The lowest BCUT2D eigenvalue weighted by atomic mass is 10.2. The van der Waals surface area contributed by atoms with Gasteiger partial charge in [0.1, 0.15) is 11.3 Å². The van der Waals surface area contributed by atoms with Gasteiger partial charge in [-0.15, -0.1) is 0 Å². The van der Waals surface area contributed by atoms with Crippen molar-refractivity contribution in [2.45, 2.75) is 13.8 Å². The minimum absolute atomic E-state index is 0.0937. The van der Waals surface area contributed by atoms with Gasteiger partial charge in [0.15, 0.2) is 12.2 Å². The smallest absolute Gasteiger partial charge is 0.262 e. The van der Waals surface area contributed by atoms with Crippen molar-refractivity contribution in [3.63, 3.8) is 0 Å². The average Bonchev–Trinajstić information content (AvgIpc) is 3.11. The maximum atomic E-state index is 12.3. The van der Waals surface area contributed by atoms with E-state index in [1.807, 2.05) is 56.3 Å². The fourth-order valence-corrected chi connectivity index (χ4v) is 3.17. The molecule has 5 nitrogen and oxygen atoms in total. The second kappa shape index (κ2) is 7.97. The predicted octanol–water partition coefficient (Wildman–Crippen LogP) is 5.78. The molecule has 0 aliphatic heterocycles. The molecule has 29 heavy (non-hydrogen) atoms. The van der Waals surface area contributed by atoms with Gasteiger partial charge in [-0.05, 0) is 67.4 Å². The topological polar surface area (TPSA) is 64.4 Å². The van der Waals surface area contributed by atoms with Gasteiger partial charge in [0, 0.05) is 5.69 Å². The highest BCUT2D eigenvalue weighted by Gasteiger charge is 2.14. The third-order valence-electron chi connectivity index (χ3n) is 4.38. The number of carbonyl (C=O) groups excluding carboxylic acids is 1. The van der Waals surface area contributed by atoms with Gasteiger partial charge in [-0.25, -0.2) is 4.98 Å². The predicted molar refractivity (Wildman–Crippen MR) is 114 cm³/mol. The molecule has 1 aromatic heterocycles. The monoisotopic (exact) mass is 406 g/mol. The number of carbonyl (C=O) groups is 1. The van der Waals surface area contributed by atoms with Gasteiger partial charge in [-0.1, -0.05) is 29.8 Å². The number of nitrogens with zero attached hydrogens (tertiary/aromatic N) is 1. The zero-order valence-electron chi connectivity index (χ0n) is 16.0. The molecular formula is C23H19ClN2O3. The Morgan fingerprint density at radius 2 is 1.90 bits per heavy atom. The standard InChI is InChI=1S/C23H19ClN2O3/c1-14-4-3-5-17(10-14)28-13-22(27)25-16-7-8-19(24)18(12-16)23-26-20-11-15(2)6-9-21(20)29-23/h3-12H,13H2,1-2H3,(H,25,27). The van der Waals surface area contributed by atoms with Crippen LogP contribution in [0.5, 0.6) is 5.75 Å². The van der Waals surface area contributed by atoms with E-state index >= 15 is 0 Å². The molecule has 0 fully saturated rings. The summed E-state index contributed by atoms with van der Waals surface area (Å²) < 4.78 is 11.4. The highest BCUT2D eigenvalue weighted by Crippen LogP contribution is 2.32. The van der Waals surface area contributed by atoms with Gasteiger partial charge >= 0.3 is 0 Å². The van der Waals surface area contributed by atoms with E-state index in [-0.39, 0.29) is 12.5 Å². The van der Waals surface area contributed by atoms with E-state index in [1.165, 1.54) is 0 Å². The number of halogens is 1. The van der Waals surface area contributed by atoms with Crippen LogP contribution in [0.4, 0.5) is 5.69 Å². The van der Waals surface area contributed by atoms with Crippen molar-refractivity contribution >= 4 is 34.3 Å². The molecule has 0 bridgehead atoms. The molecule has 0 saturated carbocycles. The molecule has 3 aromatic carbocycles. The lowest BCUT2D eigenvalue weighted by Gasteiger charge is -2.09. The molecule has 146 valence electrons. The number of fused-ring (bicyclic) bond motifs is 1. The van der Waals surface area contributed by atoms with Gasteiger partial charge in [0.2, 0.25) is 5.89 Å². The average molecular weight is 407 g/mol. The number of anilines is 1. The normalized spacial score (nSPS) is 10.9. The van der Waals surface area contributed by atoms with Crippen molar-refractivity contribution in [1.29, 1.82) is 0 Å². The molecule has 0 atom stereocenters. The van der Waals surface area contributed by atoms with E-state index in [1.54, 1.807) is 18.2 Å². The number of amides is 1. The van der Waals surface area contributed by atoms with E-state index in [9.17, 15) is 4.79 Å². The molecule has 1 amide bonds. The van der Waals surface area contributed by atoms with Crippen LogP contribution in [0.3, 0.4) is 0 Å². The second-order valence-electron chi connectivity index (χ2n) is 6.84. The van der Waals surface area contributed by atoms with E-state index < -0.39 is 0 Å². The Hall–Kier alpha value is -3.31. The zero-order chi connectivity index (χ0) is 20.4. The SMILES string of the molecule is Cc1cccc(OCC(=O)Nc2ccc(Cl)c(-c3nc4cc(C)ccc4o3)c2)c1. The van der Waals surface area contributed by atoms with Crippen molar-refractivity contribution in [1.82, 2.24) is 4.98 Å². The van der Waals surface area contributed by atoms with E-state index in [0.29, 0.717) is 33.5 Å². The molecule has 0 spiro atoms. The summed E-state index contributed by atoms with van der Waals surface area (Å²) in [6.07, 6.45) is 0. The summed E-state index contributed by atoms with van der Waals surface area (Å²) in [4.78, 5) is 16.8. The Kier molecular flexibility index (Phi) is 5.23. The Labute approximate surface area is 173 Å². The van der Waals surface area contributed by atoms with Crippen molar-refractivity contribution in [2.24, 2.45) is 0 Å². The van der Waals surface area contributed by atoms with Crippen LogP contribution in [0.2, 0.25) is 5.02 Å². The fourth-order valence-electron chi connectivity index (χ4n) is 2.97. The number of aromatic nitrogens is 1. The van der Waals surface area contributed by atoms with Crippen molar-refractivity contribution < 1.29 is 13.9 Å². The first kappa shape index (κ1) is 19.0. The molecule has 4 rings (SSSR count). The number of hydrogen-bond donors (Lipinski definition) is 1. The Bertz CT molecular complexity index is 1200. The van der Waals surface area contributed by atoms with Crippen molar-refractivity contribution in [3.8, 4) is 17.2 Å². The molecule has 1 N–H and O–H groups in total. The number of benzene rings is 3. The molecular weight excluding hydrogens is 388 g/mol. The highest BCUT2D eigenvalue weighted by molar-refractivity contribution is 6.33. The minimum atomic E-state index is -0.270. The number of hydrogen-bond acceptors (Lipinski definition) is 4. The first-order valence-corrected chi connectivity index (χ1v) is 9.52. The lowest BCUT2D eigenvalue weighted by molar-refractivity contribution is -0.118. The van der Waals surface area contributed by atoms with Gasteiger partial charge in [0.05, 0.1) is 10.6 Å². The van der Waals surface area contributed by atoms with E-state index in [4.69, 9.17) is 20.8 Å². The molecule has 0 aliphatic carbocycles. The Morgan fingerprint density at radius 1 is 1.07 bits per heavy atom. The van der Waals surface area contributed by atoms with E-state index in [2.05, 4.69) is 10.3 Å². The third-order valence-corrected chi connectivity index (χ3v) is 4.71. The Morgan fingerprint density at radius 3 is 2.72 bits per heavy atom. The summed E-state index contributed by atoms with van der Waals surface area (Å²) in [6.45, 7) is 3.87. The summed E-state index contributed by atoms with van der Waals surface area (Å²) in [5.41, 5.74) is 4.80. The molecule has 0 radical (unpaired) electrons. The third kappa shape index (κ3) is 4.41. The molecule has 6 heteroatoms. The largest absolute Gasteiger partial charge is 0.484 e. The van der Waals surface area contributed by atoms with Crippen LogP contribution in [0.25, 0.3) is 22.6 Å². The Balaban J connectivity index is 1.50. The quantitative estimate of drug-likeness (QED) is 0.456. The minimum Gasteiger partial charge on any atom is -0.484 e. The van der Waals surface area contributed by atoms with Crippen LogP contribution in [0, 0.1) is 13.8 Å². The van der Waals surface area contributed by atoms with Gasteiger partial charge in [-0.2, -0.15) is 0 Å². The summed E-state index contributed by atoms with van der Waals surface area (Å²) in [5.74, 6) is 0.786. The molecule has 4 aromatic rings. The number of ether oxygens (including phenoxy) is 1. The maximum Gasteiger partial charge on any atom is 0.262 e. The number of rotatable bonds is 5. The summed E-state index contributed by atoms with van der Waals surface area (Å²) in [5, 5.41) is 3.30. The molecule has 0 unspecified atom stereocenters. The molecule has 0 aliphatic rings. The number of aryl methyl sites for hydroxylation is 2. The van der Waals surface area contributed by atoms with Crippen molar-refractivity contribution in [3.05, 3.63) is 76.8 Å². The fraction of sp³-hybridized carbons (Fsp3) is 0.130. The first-order valence-electron chi connectivity index (χ1n) is 9.14. The van der Waals surface area contributed by atoms with Crippen molar-refractivity contribution in [2.75, 3.05) is 11.9 Å².